The van der Waals surface area contributed by atoms with Gasteiger partial charge in [0.15, 0.2) is 0 Å². The molecular weight excluding hydrogens is 265 g/mol. The first kappa shape index (κ1) is 15.9. The lowest BCUT2D eigenvalue weighted by atomic mass is 9.98. The Hall–Kier alpha value is -1.45. The quantitative estimate of drug-likeness (QED) is 0.725. The van der Waals surface area contributed by atoms with Crippen LogP contribution in [0.2, 0.25) is 0 Å². The molecule has 0 saturated carbocycles. The summed E-state index contributed by atoms with van der Waals surface area (Å²) in [5, 5.41) is 5.15. The SMILES string of the molecule is CCCNC(COCCC)c1ccc(F)c2ccccc12. The first-order valence-electron chi connectivity index (χ1n) is 7.76. The molecule has 114 valence electrons. The van der Waals surface area contributed by atoms with Crippen molar-refractivity contribution in [3.8, 4) is 0 Å². The second-order valence-electron chi connectivity index (χ2n) is 5.26. The summed E-state index contributed by atoms with van der Waals surface area (Å²) in [6, 6.07) is 11.2. The van der Waals surface area contributed by atoms with Gasteiger partial charge >= 0.3 is 0 Å². The Kier molecular flexibility index (Phi) is 6.15. The second kappa shape index (κ2) is 8.11. The summed E-state index contributed by atoms with van der Waals surface area (Å²) in [6.45, 7) is 6.53. The summed E-state index contributed by atoms with van der Waals surface area (Å²) in [7, 11) is 0. The molecule has 2 aromatic rings. The minimum Gasteiger partial charge on any atom is -0.379 e. The smallest absolute Gasteiger partial charge is 0.131 e. The number of halogens is 1. The number of nitrogens with one attached hydrogen (secondary N) is 1. The van der Waals surface area contributed by atoms with Gasteiger partial charge in [-0.15, -0.1) is 0 Å². The van der Waals surface area contributed by atoms with Gasteiger partial charge in [0.1, 0.15) is 5.82 Å². The summed E-state index contributed by atoms with van der Waals surface area (Å²) in [6.07, 6.45) is 2.06. The van der Waals surface area contributed by atoms with Gasteiger partial charge in [-0.1, -0.05) is 44.2 Å². The Morgan fingerprint density at radius 3 is 2.52 bits per heavy atom. The molecule has 0 spiro atoms. The van der Waals surface area contributed by atoms with E-state index in [1.807, 2.05) is 30.3 Å². The van der Waals surface area contributed by atoms with Crippen molar-refractivity contribution in [2.24, 2.45) is 0 Å². The molecule has 0 saturated heterocycles. The minimum atomic E-state index is -0.168. The van der Waals surface area contributed by atoms with Crippen molar-refractivity contribution in [2.75, 3.05) is 19.8 Å². The highest BCUT2D eigenvalue weighted by Crippen LogP contribution is 2.27. The number of fused-ring (bicyclic) bond motifs is 1. The zero-order valence-corrected chi connectivity index (χ0v) is 12.9. The zero-order chi connectivity index (χ0) is 15.1. The van der Waals surface area contributed by atoms with Crippen molar-refractivity contribution in [1.82, 2.24) is 5.32 Å². The fourth-order valence-corrected chi connectivity index (χ4v) is 2.51. The maximum absolute atomic E-state index is 13.9. The lowest BCUT2D eigenvalue weighted by Gasteiger charge is -2.21. The monoisotopic (exact) mass is 289 g/mol. The van der Waals surface area contributed by atoms with Crippen molar-refractivity contribution < 1.29 is 9.13 Å². The van der Waals surface area contributed by atoms with Crippen LogP contribution in [-0.4, -0.2) is 19.8 Å². The van der Waals surface area contributed by atoms with Gasteiger partial charge in [0.05, 0.1) is 12.6 Å². The van der Waals surface area contributed by atoms with Crippen molar-refractivity contribution >= 4 is 10.8 Å². The number of ether oxygens (including phenoxy) is 1. The van der Waals surface area contributed by atoms with Crippen LogP contribution in [-0.2, 0) is 4.74 Å². The third-order valence-electron chi connectivity index (χ3n) is 3.55. The second-order valence-corrected chi connectivity index (χ2v) is 5.26. The molecule has 2 rings (SSSR count). The van der Waals surface area contributed by atoms with Gasteiger partial charge in [-0.05, 0) is 36.4 Å². The summed E-state index contributed by atoms with van der Waals surface area (Å²) < 4.78 is 19.7. The molecule has 3 heteroatoms. The van der Waals surface area contributed by atoms with Crippen LogP contribution in [0, 0.1) is 5.82 Å². The van der Waals surface area contributed by atoms with E-state index in [-0.39, 0.29) is 11.9 Å². The fourth-order valence-electron chi connectivity index (χ4n) is 2.51. The molecule has 2 aromatic carbocycles. The molecular formula is C18H24FNO. The summed E-state index contributed by atoms with van der Waals surface area (Å²) in [4.78, 5) is 0. The molecule has 1 N–H and O–H groups in total. The van der Waals surface area contributed by atoms with Crippen LogP contribution < -0.4 is 5.32 Å². The molecule has 0 aliphatic rings. The Morgan fingerprint density at radius 1 is 1.05 bits per heavy atom. The summed E-state index contributed by atoms with van der Waals surface area (Å²) in [5.74, 6) is -0.168. The lowest BCUT2D eigenvalue weighted by Crippen LogP contribution is -2.26. The highest BCUT2D eigenvalue weighted by atomic mass is 19.1. The van der Waals surface area contributed by atoms with Crippen LogP contribution in [0.1, 0.15) is 38.3 Å². The van der Waals surface area contributed by atoms with Crippen LogP contribution in [0.3, 0.4) is 0 Å². The molecule has 0 aliphatic heterocycles. The lowest BCUT2D eigenvalue weighted by molar-refractivity contribution is 0.112. The first-order valence-corrected chi connectivity index (χ1v) is 7.76. The number of hydrogen-bond acceptors (Lipinski definition) is 2. The van der Waals surface area contributed by atoms with E-state index in [9.17, 15) is 4.39 Å². The van der Waals surface area contributed by atoms with Gasteiger partial charge in [0, 0.05) is 12.0 Å². The van der Waals surface area contributed by atoms with Gasteiger partial charge in [-0.25, -0.2) is 4.39 Å². The van der Waals surface area contributed by atoms with Crippen LogP contribution in [0.5, 0.6) is 0 Å². The van der Waals surface area contributed by atoms with Crippen molar-refractivity contribution in [3.63, 3.8) is 0 Å². The molecule has 0 heterocycles. The topological polar surface area (TPSA) is 21.3 Å². The first-order chi connectivity index (χ1) is 10.3. The van der Waals surface area contributed by atoms with Crippen LogP contribution in [0.15, 0.2) is 36.4 Å². The van der Waals surface area contributed by atoms with E-state index in [4.69, 9.17) is 4.74 Å². The van der Waals surface area contributed by atoms with E-state index in [0.717, 1.165) is 36.9 Å². The van der Waals surface area contributed by atoms with E-state index < -0.39 is 0 Å². The molecule has 0 fully saturated rings. The molecule has 0 amide bonds. The van der Waals surface area contributed by atoms with Gasteiger partial charge in [-0.3, -0.25) is 0 Å². The van der Waals surface area contributed by atoms with Crippen LogP contribution in [0.25, 0.3) is 10.8 Å². The third kappa shape index (κ3) is 4.02. The van der Waals surface area contributed by atoms with E-state index in [1.165, 1.54) is 0 Å². The molecule has 0 aliphatic carbocycles. The Bertz CT molecular complexity index is 570. The standard InChI is InChI=1S/C18H24FNO/c1-3-11-20-18(13-21-12-4-2)16-9-10-17(19)15-8-6-5-7-14(15)16/h5-10,18,20H,3-4,11-13H2,1-2H3. The Morgan fingerprint density at radius 2 is 1.81 bits per heavy atom. The van der Waals surface area contributed by atoms with Gasteiger partial charge in [-0.2, -0.15) is 0 Å². The van der Waals surface area contributed by atoms with E-state index in [0.29, 0.717) is 12.0 Å². The van der Waals surface area contributed by atoms with Crippen molar-refractivity contribution in [2.45, 2.75) is 32.7 Å². The average Bonchev–Trinajstić information content (AvgIpc) is 2.52. The predicted octanol–water partition coefficient (Wildman–Crippen LogP) is 4.45. The van der Waals surface area contributed by atoms with Gasteiger partial charge in [0.2, 0.25) is 0 Å². The van der Waals surface area contributed by atoms with Crippen LogP contribution in [0.4, 0.5) is 4.39 Å². The number of benzene rings is 2. The highest BCUT2D eigenvalue weighted by molar-refractivity contribution is 5.86. The van der Waals surface area contributed by atoms with Crippen molar-refractivity contribution in [1.29, 1.82) is 0 Å². The maximum Gasteiger partial charge on any atom is 0.131 e. The summed E-state index contributed by atoms with van der Waals surface area (Å²) >= 11 is 0. The van der Waals surface area contributed by atoms with E-state index in [2.05, 4.69) is 19.2 Å². The zero-order valence-electron chi connectivity index (χ0n) is 12.9. The molecule has 0 radical (unpaired) electrons. The highest BCUT2D eigenvalue weighted by Gasteiger charge is 2.15. The molecule has 0 bridgehead atoms. The van der Waals surface area contributed by atoms with Gasteiger partial charge < -0.3 is 10.1 Å². The molecule has 1 unspecified atom stereocenters. The van der Waals surface area contributed by atoms with E-state index in [1.54, 1.807) is 6.07 Å². The average molecular weight is 289 g/mol. The van der Waals surface area contributed by atoms with Crippen LogP contribution >= 0.6 is 0 Å². The third-order valence-corrected chi connectivity index (χ3v) is 3.55. The summed E-state index contributed by atoms with van der Waals surface area (Å²) in [5.41, 5.74) is 1.11. The van der Waals surface area contributed by atoms with Crippen molar-refractivity contribution in [3.05, 3.63) is 47.8 Å². The number of hydrogen-bond donors (Lipinski definition) is 1. The Labute approximate surface area is 126 Å². The molecule has 2 nitrogen and oxygen atoms in total. The van der Waals surface area contributed by atoms with Gasteiger partial charge in [0.25, 0.3) is 0 Å². The molecule has 0 aromatic heterocycles. The maximum atomic E-state index is 13.9. The molecule has 1 atom stereocenters. The van der Waals surface area contributed by atoms with E-state index >= 15 is 0 Å². The largest absolute Gasteiger partial charge is 0.379 e. The Balaban J connectivity index is 2.32. The normalized spacial score (nSPS) is 12.7. The fraction of sp³-hybridized carbons (Fsp3) is 0.444. The predicted molar refractivity (Wildman–Crippen MR) is 86.1 cm³/mol. The number of rotatable bonds is 8. The molecule has 21 heavy (non-hydrogen) atoms. The minimum absolute atomic E-state index is 0.0991.